The maximum Gasteiger partial charge on any atom is 0.220 e. The van der Waals surface area contributed by atoms with Crippen molar-refractivity contribution >= 4 is 5.91 Å². The standard InChI is InChI=1S/C16H23NO2/c18-15(14-9-5-2-6-10-14)12-17-16(19)11-13-7-3-1-4-8-13/h2,5-6,9-10,13,15,18H,1,3-4,7-8,11-12H2,(H,17,19). The first-order chi connectivity index (χ1) is 9.25. The number of nitrogens with one attached hydrogen (secondary N) is 1. The van der Waals surface area contributed by atoms with E-state index in [0.717, 1.165) is 5.56 Å². The lowest BCUT2D eigenvalue weighted by Crippen LogP contribution is -2.30. The van der Waals surface area contributed by atoms with Gasteiger partial charge in [0.05, 0.1) is 6.10 Å². The van der Waals surface area contributed by atoms with Gasteiger partial charge in [-0.1, -0.05) is 49.6 Å². The molecule has 0 bridgehead atoms. The molecule has 0 radical (unpaired) electrons. The highest BCUT2D eigenvalue weighted by Gasteiger charge is 2.17. The largest absolute Gasteiger partial charge is 0.387 e. The Morgan fingerprint density at radius 2 is 1.89 bits per heavy atom. The second-order valence-electron chi connectivity index (χ2n) is 5.44. The number of benzene rings is 1. The predicted octanol–water partition coefficient (Wildman–Crippen LogP) is 2.81. The first-order valence-corrected chi connectivity index (χ1v) is 7.25. The summed E-state index contributed by atoms with van der Waals surface area (Å²) in [5.41, 5.74) is 0.848. The van der Waals surface area contributed by atoms with Crippen LogP contribution in [-0.4, -0.2) is 17.6 Å². The van der Waals surface area contributed by atoms with Gasteiger partial charge in [0.2, 0.25) is 5.91 Å². The third-order valence-electron chi connectivity index (χ3n) is 3.88. The summed E-state index contributed by atoms with van der Waals surface area (Å²) >= 11 is 0. The Morgan fingerprint density at radius 1 is 1.21 bits per heavy atom. The summed E-state index contributed by atoms with van der Waals surface area (Å²) in [5.74, 6) is 0.615. The highest BCUT2D eigenvalue weighted by Crippen LogP contribution is 2.26. The molecule has 0 aromatic heterocycles. The Balaban J connectivity index is 1.71. The molecule has 1 aliphatic rings. The number of rotatable bonds is 5. The van der Waals surface area contributed by atoms with Crippen molar-refractivity contribution < 1.29 is 9.90 Å². The summed E-state index contributed by atoms with van der Waals surface area (Å²) in [7, 11) is 0. The number of aliphatic hydroxyl groups is 1. The SMILES string of the molecule is O=C(CC1CCCCC1)NCC(O)c1ccccc1. The molecule has 104 valence electrons. The molecule has 19 heavy (non-hydrogen) atoms. The fourth-order valence-electron chi connectivity index (χ4n) is 2.73. The fourth-order valence-corrected chi connectivity index (χ4v) is 2.73. The minimum atomic E-state index is -0.614. The van der Waals surface area contributed by atoms with Gasteiger partial charge in [-0.2, -0.15) is 0 Å². The van der Waals surface area contributed by atoms with Crippen LogP contribution in [0.5, 0.6) is 0 Å². The molecule has 1 amide bonds. The van der Waals surface area contributed by atoms with Gasteiger partial charge in [0.25, 0.3) is 0 Å². The first-order valence-electron chi connectivity index (χ1n) is 7.25. The zero-order chi connectivity index (χ0) is 13.5. The van der Waals surface area contributed by atoms with Gasteiger partial charge < -0.3 is 10.4 Å². The molecule has 1 aromatic carbocycles. The maximum absolute atomic E-state index is 11.8. The third-order valence-corrected chi connectivity index (χ3v) is 3.88. The molecular weight excluding hydrogens is 238 g/mol. The van der Waals surface area contributed by atoms with Gasteiger partial charge in [0, 0.05) is 13.0 Å². The molecular formula is C16H23NO2. The molecule has 1 aromatic rings. The van der Waals surface area contributed by atoms with Crippen molar-refractivity contribution in [3.8, 4) is 0 Å². The zero-order valence-electron chi connectivity index (χ0n) is 11.3. The number of hydrogen-bond donors (Lipinski definition) is 2. The van der Waals surface area contributed by atoms with Crippen molar-refractivity contribution in [3.63, 3.8) is 0 Å². The van der Waals surface area contributed by atoms with Crippen LogP contribution in [0.15, 0.2) is 30.3 Å². The number of carbonyl (C=O) groups is 1. The number of aliphatic hydroxyl groups excluding tert-OH is 1. The summed E-state index contributed by atoms with van der Waals surface area (Å²) in [6, 6.07) is 9.44. The predicted molar refractivity (Wildman–Crippen MR) is 75.6 cm³/mol. The first kappa shape index (κ1) is 14.1. The van der Waals surface area contributed by atoms with Crippen LogP contribution in [0.25, 0.3) is 0 Å². The van der Waals surface area contributed by atoms with Gasteiger partial charge in [0.1, 0.15) is 0 Å². The minimum absolute atomic E-state index is 0.0712. The van der Waals surface area contributed by atoms with Crippen LogP contribution in [-0.2, 0) is 4.79 Å². The second kappa shape index (κ2) is 7.29. The van der Waals surface area contributed by atoms with Crippen LogP contribution in [0.3, 0.4) is 0 Å². The molecule has 2 N–H and O–H groups in total. The van der Waals surface area contributed by atoms with Crippen LogP contribution >= 0.6 is 0 Å². The third kappa shape index (κ3) is 4.67. The van der Waals surface area contributed by atoms with E-state index in [4.69, 9.17) is 0 Å². The Hall–Kier alpha value is -1.35. The normalized spacial score (nSPS) is 17.9. The molecule has 0 spiro atoms. The summed E-state index contributed by atoms with van der Waals surface area (Å²) in [6.45, 7) is 0.301. The molecule has 0 aliphatic heterocycles. The molecule has 1 fully saturated rings. The van der Waals surface area contributed by atoms with Crippen molar-refractivity contribution in [1.82, 2.24) is 5.32 Å². The Bertz CT molecular complexity index is 385. The Labute approximate surface area is 115 Å². The van der Waals surface area contributed by atoms with Crippen LogP contribution in [0, 0.1) is 5.92 Å². The molecule has 1 atom stereocenters. The molecule has 2 rings (SSSR count). The van der Waals surface area contributed by atoms with Gasteiger partial charge in [-0.25, -0.2) is 0 Å². The number of carbonyl (C=O) groups excluding carboxylic acids is 1. The van der Waals surface area contributed by atoms with Gasteiger partial charge in [0.15, 0.2) is 0 Å². The molecule has 1 saturated carbocycles. The Kier molecular flexibility index (Phi) is 5.40. The van der Waals surface area contributed by atoms with Crippen molar-refractivity contribution in [1.29, 1.82) is 0 Å². The molecule has 1 aliphatic carbocycles. The average molecular weight is 261 g/mol. The fraction of sp³-hybridized carbons (Fsp3) is 0.562. The van der Waals surface area contributed by atoms with Gasteiger partial charge in [-0.15, -0.1) is 0 Å². The quantitative estimate of drug-likeness (QED) is 0.856. The van der Waals surface area contributed by atoms with Crippen LogP contribution in [0.2, 0.25) is 0 Å². The van der Waals surface area contributed by atoms with E-state index < -0.39 is 6.10 Å². The second-order valence-corrected chi connectivity index (χ2v) is 5.44. The average Bonchev–Trinajstić information content (AvgIpc) is 2.47. The minimum Gasteiger partial charge on any atom is -0.387 e. The lowest BCUT2D eigenvalue weighted by atomic mass is 9.87. The van der Waals surface area contributed by atoms with Crippen molar-refractivity contribution in [2.24, 2.45) is 5.92 Å². The van der Waals surface area contributed by atoms with E-state index in [2.05, 4.69) is 5.32 Å². The van der Waals surface area contributed by atoms with Crippen LogP contribution in [0.1, 0.15) is 50.2 Å². The summed E-state index contributed by atoms with van der Waals surface area (Å²) in [4.78, 5) is 11.8. The lowest BCUT2D eigenvalue weighted by Gasteiger charge is -2.21. The summed E-state index contributed by atoms with van der Waals surface area (Å²) in [5, 5.41) is 12.8. The van der Waals surface area contributed by atoms with Crippen LogP contribution in [0.4, 0.5) is 0 Å². The van der Waals surface area contributed by atoms with E-state index in [1.165, 1.54) is 32.1 Å². The molecule has 3 nitrogen and oxygen atoms in total. The topological polar surface area (TPSA) is 49.3 Å². The van der Waals surface area contributed by atoms with Crippen molar-refractivity contribution in [2.45, 2.75) is 44.6 Å². The van der Waals surface area contributed by atoms with Gasteiger partial charge in [-0.3, -0.25) is 4.79 Å². The monoisotopic (exact) mass is 261 g/mol. The van der Waals surface area contributed by atoms with Crippen LogP contribution < -0.4 is 5.32 Å². The molecule has 0 saturated heterocycles. The highest BCUT2D eigenvalue weighted by molar-refractivity contribution is 5.76. The molecule has 0 heterocycles. The van der Waals surface area contributed by atoms with E-state index in [1.807, 2.05) is 30.3 Å². The highest BCUT2D eigenvalue weighted by atomic mass is 16.3. The van der Waals surface area contributed by atoms with E-state index >= 15 is 0 Å². The molecule has 3 heteroatoms. The smallest absolute Gasteiger partial charge is 0.220 e. The van der Waals surface area contributed by atoms with Gasteiger partial charge in [-0.05, 0) is 24.3 Å². The van der Waals surface area contributed by atoms with E-state index in [0.29, 0.717) is 18.9 Å². The number of amides is 1. The van der Waals surface area contributed by atoms with E-state index in [9.17, 15) is 9.90 Å². The summed E-state index contributed by atoms with van der Waals surface area (Å²) < 4.78 is 0. The lowest BCUT2D eigenvalue weighted by molar-refractivity contribution is -0.122. The zero-order valence-corrected chi connectivity index (χ0v) is 11.3. The van der Waals surface area contributed by atoms with E-state index in [-0.39, 0.29) is 5.91 Å². The van der Waals surface area contributed by atoms with Gasteiger partial charge >= 0.3 is 0 Å². The Morgan fingerprint density at radius 3 is 2.58 bits per heavy atom. The molecule has 1 unspecified atom stereocenters. The summed E-state index contributed by atoms with van der Waals surface area (Å²) in [6.07, 6.45) is 6.17. The van der Waals surface area contributed by atoms with Crippen molar-refractivity contribution in [2.75, 3.05) is 6.54 Å². The van der Waals surface area contributed by atoms with E-state index in [1.54, 1.807) is 0 Å². The van der Waals surface area contributed by atoms with Crippen molar-refractivity contribution in [3.05, 3.63) is 35.9 Å². The maximum atomic E-state index is 11.8. The number of hydrogen-bond acceptors (Lipinski definition) is 2.